The number of hydrogen-bond acceptors (Lipinski definition) is 8. The second-order valence-electron chi connectivity index (χ2n) is 5.35. The van der Waals surface area contributed by atoms with E-state index in [0.29, 0.717) is 17.4 Å². The van der Waals surface area contributed by atoms with Gasteiger partial charge in [0.1, 0.15) is 22.8 Å². The van der Waals surface area contributed by atoms with Crippen LogP contribution in [-0.4, -0.2) is 46.2 Å². The third-order valence-corrected chi connectivity index (χ3v) is 3.36. The van der Waals surface area contributed by atoms with Crippen molar-refractivity contribution in [2.24, 2.45) is 0 Å². The van der Waals surface area contributed by atoms with Gasteiger partial charge in [-0.3, -0.25) is 4.79 Å². The van der Waals surface area contributed by atoms with E-state index in [0.717, 1.165) is 0 Å². The number of carboxylic acids is 1. The molecule has 3 radical (unpaired) electrons. The fourth-order valence-corrected chi connectivity index (χ4v) is 1.89. The first kappa shape index (κ1) is 48.4. The number of aromatic carboxylic acids is 1. The molecule has 3 rings (SSSR count). The van der Waals surface area contributed by atoms with E-state index < -0.39 is 20.8 Å². The Labute approximate surface area is 240 Å². The maximum atomic E-state index is 10.3. The molecule has 0 heterocycles. The van der Waals surface area contributed by atoms with E-state index in [2.05, 4.69) is 0 Å². The summed E-state index contributed by atoms with van der Waals surface area (Å²) in [5.74, 6) is -1.12. The zero-order chi connectivity index (χ0) is 29.6. The molecule has 3 aromatic rings. The van der Waals surface area contributed by atoms with Gasteiger partial charge in [-0.05, 0) is 30.3 Å². The first-order valence-corrected chi connectivity index (χ1v) is 12.3. The Hall–Kier alpha value is -3.66. The Morgan fingerprint density at radius 3 is 1.33 bits per heavy atom. The molecule has 0 aromatic heterocycles. The predicted molar refractivity (Wildman–Crippen MR) is 150 cm³/mol. The van der Waals surface area contributed by atoms with Crippen molar-refractivity contribution in [3.8, 4) is 17.2 Å². The molecular weight excluding hydrogens is 546 g/mol. The number of aldehydes is 1. The molecule has 0 unspecified atom stereocenters. The van der Waals surface area contributed by atoms with Gasteiger partial charge in [-0.2, -0.15) is 0 Å². The van der Waals surface area contributed by atoms with Gasteiger partial charge in [0.25, 0.3) is 0 Å². The minimum absolute atomic E-state index is 0. The molecule has 3 aromatic carbocycles. The summed E-state index contributed by atoms with van der Waals surface area (Å²) in [6, 6.07) is 18.9. The Balaban J connectivity index is -0.0000000892. The molecule has 0 atom stereocenters. The number of aliphatic hydroxyl groups excluding tert-OH is 1. The third-order valence-electron chi connectivity index (χ3n) is 3.36. The van der Waals surface area contributed by atoms with Crippen molar-refractivity contribution < 1.29 is 57.6 Å². The van der Waals surface area contributed by atoms with Gasteiger partial charge in [-0.15, -0.1) is 0 Å². The second kappa shape index (κ2) is 36.5. The van der Waals surface area contributed by atoms with Gasteiger partial charge in [-0.1, -0.05) is 91.4 Å². The minimum atomic E-state index is -1.44. The molecule has 0 aliphatic carbocycles. The van der Waals surface area contributed by atoms with E-state index >= 15 is 0 Å². The van der Waals surface area contributed by atoms with Crippen LogP contribution in [0.15, 0.2) is 72.8 Å². The van der Waals surface area contributed by atoms with Crippen molar-refractivity contribution in [2.45, 2.75) is 55.6 Å². The van der Waals surface area contributed by atoms with Crippen molar-refractivity contribution in [3.05, 3.63) is 89.5 Å². The van der Waals surface area contributed by atoms with Crippen LogP contribution in [0, 0.1) is 0 Å². The Morgan fingerprint density at radius 2 is 1.08 bits per heavy atom. The maximum absolute atomic E-state index is 10.3. The van der Waals surface area contributed by atoms with Crippen molar-refractivity contribution in [1.29, 1.82) is 0 Å². The van der Waals surface area contributed by atoms with Crippen LogP contribution in [0.25, 0.3) is 0 Å². The molecule has 0 aliphatic rings. The van der Waals surface area contributed by atoms with Crippen LogP contribution in [0.4, 0.5) is 0 Å². The topological polar surface area (TPSA) is 169 Å². The molecule has 5 N–H and O–H groups in total. The van der Waals surface area contributed by atoms with Gasteiger partial charge in [0.2, 0.25) is 0 Å². The molecule has 0 aliphatic heterocycles. The van der Waals surface area contributed by atoms with Crippen molar-refractivity contribution >= 4 is 20.7 Å². The van der Waals surface area contributed by atoms with E-state index in [1.54, 1.807) is 54.6 Å². The average molecular weight is 588 g/mol. The van der Waals surface area contributed by atoms with E-state index in [4.69, 9.17) is 33.2 Å². The van der Waals surface area contributed by atoms with Gasteiger partial charge in [0.15, 0.2) is 6.29 Å². The number of rotatable bonds is 3. The van der Waals surface area contributed by atoms with Crippen LogP contribution in [0.2, 0.25) is 0 Å². The summed E-state index contributed by atoms with van der Waals surface area (Å²) >= 11 is -1.44. The van der Waals surface area contributed by atoms with Crippen molar-refractivity contribution in [3.63, 3.8) is 0 Å². The third kappa shape index (κ3) is 25.8. The number of para-hydroxylation sites is 3. The van der Waals surface area contributed by atoms with Crippen molar-refractivity contribution in [2.75, 3.05) is 0 Å². The number of carbonyl (C=O) groups excluding carboxylic acids is 1. The van der Waals surface area contributed by atoms with Gasteiger partial charge in [0.05, 0.1) is 12.2 Å². The van der Waals surface area contributed by atoms with E-state index in [1.165, 1.54) is 18.2 Å². The monoisotopic (exact) mass is 588 g/mol. The second-order valence-corrected chi connectivity index (χ2v) is 5.55. The Kier molecular flexibility index (Phi) is 45.3. The van der Waals surface area contributed by atoms with Gasteiger partial charge in [-0.25, -0.2) is 4.79 Å². The van der Waals surface area contributed by atoms with Gasteiger partial charge >= 0.3 is 28.5 Å². The summed E-state index contributed by atoms with van der Waals surface area (Å²) in [5, 5.41) is 43.7. The molecule has 218 valence electrons. The summed E-state index contributed by atoms with van der Waals surface area (Å²) in [5.41, 5.74) is 0.831. The molecular formula is C28H42BMnO9. The number of benzene rings is 3. The van der Waals surface area contributed by atoms with Gasteiger partial charge in [0, 0.05) is 14.0 Å². The fourth-order valence-electron chi connectivity index (χ4n) is 1.89. The molecule has 9 nitrogen and oxygen atoms in total. The fraction of sp³-hybridized carbons (Fsp3) is 0.286. The number of carboxylic acid groups (broad SMARTS) is 1. The Morgan fingerprint density at radius 1 is 0.718 bits per heavy atom. The normalized spacial score (nSPS) is 7.36. The van der Waals surface area contributed by atoms with Crippen LogP contribution in [0.5, 0.6) is 17.2 Å². The average Bonchev–Trinajstić information content (AvgIpc) is 2.94. The summed E-state index contributed by atoms with van der Waals surface area (Å²) in [7, 11) is 0. The van der Waals surface area contributed by atoms with Crippen LogP contribution >= 0.6 is 0 Å². The quantitative estimate of drug-likeness (QED) is 0.175. The van der Waals surface area contributed by atoms with E-state index in [-0.39, 0.29) is 45.3 Å². The van der Waals surface area contributed by atoms with Crippen LogP contribution in [0.1, 0.15) is 75.2 Å². The summed E-state index contributed by atoms with van der Waals surface area (Å²) < 4.78 is 16.8. The zero-order valence-corrected chi connectivity index (χ0v) is 23.7. The van der Waals surface area contributed by atoms with Gasteiger partial charge < -0.3 is 25.5 Å². The molecule has 0 amide bonds. The summed E-state index contributed by atoms with van der Waals surface area (Å²) in [6.07, 6.45) is 0.620. The SMILES string of the molecule is C.CC.CC.CC.O=C(O)c1ccccc1O.O=Cc1ccccc1O.OCc1ccccc1O.[B].[O]=[Mn]=[O]. The number of hydrogen-bond donors (Lipinski definition) is 5. The molecule has 0 spiro atoms. The van der Waals surface area contributed by atoms with E-state index in [9.17, 15) is 9.59 Å². The van der Waals surface area contributed by atoms with E-state index in [1.807, 2.05) is 41.5 Å². The molecule has 0 bridgehead atoms. The van der Waals surface area contributed by atoms with Crippen LogP contribution in [-0.2, 0) is 29.1 Å². The predicted octanol–water partition coefficient (Wildman–Crippen LogP) is 6.27. The number of carbonyl (C=O) groups is 2. The van der Waals surface area contributed by atoms with Crippen LogP contribution < -0.4 is 0 Å². The Bertz CT molecular complexity index is 1010. The first-order chi connectivity index (χ1) is 17.8. The number of aliphatic hydroxyl groups is 1. The summed E-state index contributed by atoms with van der Waals surface area (Å²) in [4.78, 5) is 20.3. The molecule has 0 saturated carbocycles. The molecule has 0 fully saturated rings. The van der Waals surface area contributed by atoms with Crippen molar-refractivity contribution in [1.82, 2.24) is 0 Å². The number of aromatic hydroxyl groups is 3. The standard InChI is InChI=1S/C7H6O3.C7H8O2.C7H6O2.3C2H6.CH4.B.Mn.2O/c8-6-4-2-1-3-5(6)7(9)10;2*8-5-6-3-1-2-4-7(6)9;3*1-2;;;;;/h1-4,8H,(H,9,10);1-4,8-9H,5H2;1-5,9H;3*1-2H3;1H4;;;;. The number of phenols is 3. The zero-order valence-electron chi connectivity index (χ0n) is 22.5. The molecule has 0 saturated heterocycles. The summed E-state index contributed by atoms with van der Waals surface area (Å²) in [6.45, 7) is 11.9. The molecule has 39 heavy (non-hydrogen) atoms. The number of phenolic OH excluding ortho intramolecular Hbond substituents is 1. The first-order valence-electron chi connectivity index (χ1n) is 11.3. The molecule has 11 heteroatoms. The van der Waals surface area contributed by atoms with Crippen LogP contribution in [0.3, 0.4) is 0 Å².